The first-order valence-corrected chi connectivity index (χ1v) is 23.6. The summed E-state index contributed by atoms with van der Waals surface area (Å²) in [6.45, 7) is 0. The van der Waals surface area contributed by atoms with Crippen LogP contribution in [0.1, 0.15) is 22.3 Å². The molecule has 2 aliphatic rings. The van der Waals surface area contributed by atoms with E-state index in [0.717, 1.165) is 11.4 Å². The lowest BCUT2D eigenvalue weighted by Crippen LogP contribution is -2.26. The third-order valence-electron chi connectivity index (χ3n) is 13.9. The minimum atomic E-state index is -0.508. The fourth-order valence-corrected chi connectivity index (χ4v) is 13.6. The van der Waals surface area contributed by atoms with Crippen LogP contribution in [-0.2, 0) is 5.41 Å². The monoisotopic (exact) mass is 847 g/mol. The van der Waals surface area contributed by atoms with Crippen molar-refractivity contribution in [2.24, 2.45) is 0 Å². The second-order valence-corrected chi connectivity index (χ2v) is 19.2. The van der Waals surface area contributed by atoms with Crippen molar-refractivity contribution in [3.05, 3.63) is 247 Å². The van der Waals surface area contributed by atoms with E-state index < -0.39 is 5.41 Å². The molecular weight excluding hydrogens is 811 g/mol. The highest BCUT2D eigenvalue weighted by molar-refractivity contribution is 7.26. The Hall–Kier alpha value is -7.56. The first kappa shape index (κ1) is 36.0. The van der Waals surface area contributed by atoms with Gasteiger partial charge in [-0.3, -0.25) is 0 Å². The standard InChI is InChI=1S/C61H37NS2/c1-2-14-38(15-3-1)39-28-32-41(33-29-39)62(42-34-30-40(31-35-42)43-20-12-27-55-57(43)47-18-6-10-25-53(47)63-55)52-24-13-23-51-58(52)46-17-5-9-22-50(46)61(51)49-21-8-4-16-44(49)45-36-37-56-59(60(45)61)48-19-7-11-26-54(48)64-56/h1-37H. The van der Waals surface area contributed by atoms with Gasteiger partial charge in [-0.05, 0) is 116 Å². The van der Waals surface area contributed by atoms with Crippen LogP contribution < -0.4 is 4.90 Å². The van der Waals surface area contributed by atoms with E-state index in [1.807, 2.05) is 22.7 Å². The van der Waals surface area contributed by atoms with E-state index in [0.29, 0.717) is 0 Å². The third kappa shape index (κ3) is 4.94. The average molecular weight is 848 g/mol. The first-order valence-electron chi connectivity index (χ1n) is 22.0. The molecule has 1 spiro atoms. The Morgan fingerprint density at radius 3 is 1.56 bits per heavy atom. The summed E-state index contributed by atoms with van der Waals surface area (Å²) in [5, 5.41) is 5.36. The number of fused-ring (bicyclic) bond motifs is 17. The summed E-state index contributed by atoms with van der Waals surface area (Å²) < 4.78 is 5.30. The molecule has 10 aromatic carbocycles. The summed E-state index contributed by atoms with van der Waals surface area (Å²) in [6, 6.07) is 83.9. The molecule has 2 aliphatic carbocycles. The molecule has 0 amide bonds. The van der Waals surface area contributed by atoms with Crippen LogP contribution in [0.2, 0.25) is 0 Å². The quantitative estimate of drug-likeness (QED) is 0.167. The number of hydrogen-bond donors (Lipinski definition) is 0. The molecule has 0 saturated carbocycles. The zero-order valence-corrected chi connectivity index (χ0v) is 36.3. The van der Waals surface area contributed by atoms with Crippen LogP contribution >= 0.6 is 22.7 Å². The summed E-state index contributed by atoms with van der Waals surface area (Å²) in [4.78, 5) is 2.50. The summed E-state index contributed by atoms with van der Waals surface area (Å²) in [7, 11) is 0. The molecule has 0 bridgehead atoms. The molecule has 12 aromatic rings. The highest BCUT2D eigenvalue weighted by Crippen LogP contribution is 2.66. The lowest BCUT2D eigenvalue weighted by atomic mass is 9.69. The van der Waals surface area contributed by atoms with E-state index in [2.05, 4.69) is 229 Å². The molecule has 2 heterocycles. The van der Waals surface area contributed by atoms with Crippen LogP contribution in [0.5, 0.6) is 0 Å². The van der Waals surface area contributed by atoms with Gasteiger partial charge in [0, 0.05) is 57.3 Å². The van der Waals surface area contributed by atoms with Gasteiger partial charge in [-0.2, -0.15) is 0 Å². The molecule has 2 aromatic heterocycles. The van der Waals surface area contributed by atoms with Crippen molar-refractivity contribution in [1.82, 2.24) is 0 Å². The van der Waals surface area contributed by atoms with Gasteiger partial charge in [0.05, 0.1) is 11.1 Å². The molecule has 0 radical (unpaired) electrons. The Morgan fingerprint density at radius 2 is 0.828 bits per heavy atom. The van der Waals surface area contributed by atoms with Gasteiger partial charge in [0.25, 0.3) is 0 Å². The number of rotatable bonds is 5. The van der Waals surface area contributed by atoms with Crippen LogP contribution in [0.3, 0.4) is 0 Å². The highest BCUT2D eigenvalue weighted by atomic mass is 32.1. The topological polar surface area (TPSA) is 3.24 Å². The van der Waals surface area contributed by atoms with Crippen molar-refractivity contribution >= 4 is 80.1 Å². The molecule has 0 saturated heterocycles. The van der Waals surface area contributed by atoms with E-state index in [1.165, 1.54) is 113 Å². The van der Waals surface area contributed by atoms with Crippen LogP contribution in [0.25, 0.3) is 84.9 Å². The zero-order valence-electron chi connectivity index (χ0n) is 34.6. The Bertz CT molecular complexity index is 3840. The first-order chi connectivity index (χ1) is 31.8. The third-order valence-corrected chi connectivity index (χ3v) is 16.2. The lowest BCUT2D eigenvalue weighted by molar-refractivity contribution is 0.802. The molecule has 1 nitrogen and oxygen atoms in total. The van der Waals surface area contributed by atoms with E-state index in [1.54, 1.807) is 0 Å². The van der Waals surface area contributed by atoms with Gasteiger partial charge in [-0.25, -0.2) is 0 Å². The van der Waals surface area contributed by atoms with E-state index in [9.17, 15) is 0 Å². The SMILES string of the molecule is c1ccc(-c2ccc(N(c3ccc(-c4cccc5sc6ccccc6c45)cc3)c3cccc4c3-c3ccccc3C43c4ccccc4-c4ccc5sc6ccccc6c5c43)cc2)cc1. The van der Waals surface area contributed by atoms with Crippen LogP contribution in [-0.4, -0.2) is 0 Å². The van der Waals surface area contributed by atoms with Crippen LogP contribution in [0.4, 0.5) is 17.1 Å². The number of nitrogens with zero attached hydrogens (tertiary/aromatic N) is 1. The maximum Gasteiger partial charge on any atom is 0.0732 e. The minimum Gasteiger partial charge on any atom is -0.310 e. The molecule has 0 aliphatic heterocycles. The summed E-state index contributed by atoms with van der Waals surface area (Å²) in [5.74, 6) is 0. The van der Waals surface area contributed by atoms with Crippen molar-refractivity contribution in [3.63, 3.8) is 0 Å². The van der Waals surface area contributed by atoms with Crippen molar-refractivity contribution in [3.8, 4) is 44.5 Å². The van der Waals surface area contributed by atoms with Gasteiger partial charge < -0.3 is 4.90 Å². The van der Waals surface area contributed by atoms with Gasteiger partial charge >= 0.3 is 0 Å². The predicted octanol–water partition coefficient (Wildman–Crippen LogP) is 17.6. The fourth-order valence-electron chi connectivity index (χ4n) is 11.3. The zero-order chi connectivity index (χ0) is 41.9. The Balaban J connectivity index is 1.02. The van der Waals surface area contributed by atoms with Crippen LogP contribution in [0, 0.1) is 0 Å². The Labute approximate surface area is 379 Å². The number of anilines is 3. The molecular formula is C61H37NS2. The van der Waals surface area contributed by atoms with Crippen molar-refractivity contribution in [2.45, 2.75) is 5.41 Å². The molecule has 1 atom stereocenters. The van der Waals surface area contributed by atoms with Gasteiger partial charge in [-0.15, -0.1) is 22.7 Å². The Morgan fingerprint density at radius 1 is 0.312 bits per heavy atom. The van der Waals surface area contributed by atoms with Crippen molar-refractivity contribution in [1.29, 1.82) is 0 Å². The van der Waals surface area contributed by atoms with Gasteiger partial charge in [0.1, 0.15) is 0 Å². The number of benzene rings is 10. The summed E-state index contributed by atoms with van der Waals surface area (Å²) in [6.07, 6.45) is 0. The summed E-state index contributed by atoms with van der Waals surface area (Å²) >= 11 is 3.78. The van der Waals surface area contributed by atoms with Crippen molar-refractivity contribution < 1.29 is 0 Å². The number of hydrogen-bond acceptors (Lipinski definition) is 3. The van der Waals surface area contributed by atoms with Crippen LogP contribution in [0.15, 0.2) is 224 Å². The van der Waals surface area contributed by atoms with E-state index in [-0.39, 0.29) is 0 Å². The second kappa shape index (κ2) is 13.7. The molecule has 0 fully saturated rings. The maximum atomic E-state index is 2.50. The largest absolute Gasteiger partial charge is 0.310 e. The smallest absolute Gasteiger partial charge is 0.0732 e. The molecule has 0 N–H and O–H groups in total. The molecule has 14 rings (SSSR count). The van der Waals surface area contributed by atoms with Gasteiger partial charge in [-0.1, -0.05) is 170 Å². The lowest BCUT2D eigenvalue weighted by Gasteiger charge is -2.32. The highest BCUT2D eigenvalue weighted by Gasteiger charge is 2.53. The molecule has 3 heteroatoms. The maximum absolute atomic E-state index is 2.50. The van der Waals surface area contributed by atoms with Gasteiger partial charge in [0.2, 0.25) is 0 Å². The number of thiophene rings is 2. The molecule has 1 unspecified atom stereocenters. The fraction of sp³-hybridized carbons (Fsp3) is 0.0164. The molecule has 64 heavy (non-hydrogen) atoms. The minimum absolute atomic E-state index is 0.508. The normalized spacial score (nSPS) is 14.6. The van der Waals surface area contributed by atoms with E-state index in [4.69, 9.17) is 0 Å². The van der Waals surface area contributed by atoms with E-state index >= 15 is 0 Å². The predicted molar refractivity (Wildman–Crippen MR) is 274 cm³/mol. The second-order valence-electron chi connectivity index (χ2n) is 17.1. The van der Waals surface area contributed by atoms with Crippen molar-refractivity contribution in [2.75, 3.05) is 4.90 Å². The average Bonchev–Trinajstić information content (AvgIpc) is 4.10. The molecule has 298 valence electrons. The van der Waals surface area contributed by atoms with Gasteiger partial charge in [0.15, 0.2) is 0 Å². The summed E-state index contributed by atoms with van der Waals surface area (Å²) in [5.41, 5.74) is 18.4. The Kier molecular flexibility index (Phi) is 7.71.